The summed E-state index contributed by atoms with van der Waals surface area (Å²) in [5, 5.41) is 0.1000. The number of aromatic nitrogens is 2. The molecule has 0 unspecified atom stereocenters. The molecule has 4 heteroatoms. The standard InChI is InChI=1S/C13H8ClFN2/c14-9-7-8(5-6-10(9)15)13-16-11-3-1-2-4-12(11)17-13/h1-7H,(H,16,17). The van der Waals surface area contributed by atoms with E-state index in [2.05, 4.69) is 9.97 Å². The number of hydrogen-bond donors (Lipinski definition) is 1. The average molecular weight is 247 g/mol. The normalized spacial score (nSPS) is 10.9. The molecule has 0 spiro atoms. The van der Waals surface area contributed by atoms with E-state index in [-0.39, 0.29) is 5.02 Å². The molecule has 0 fully saturated rings. The minimum absolute atomic E-state index is 0.1000. The van der Waals surface area contributed by atoms with Crippen molar-refractivity contribution in [2.45, 2.75) is 0 Å². The minimum atomic E-state index is -0.425. The van der Waals surface area contributed by atoms with Gasteiger partial charge in [-0.2, -0.15) is 0 Å². The molecule has 84 valence electrons. The van der Waals surface area contributed by atoms with E-state index in [0.29, 0.717) is 5.82 Å². The first-order valence-corrected chi connectivity index (χ1v) is 5.52. The topological polar surface area (TPSA) is 28.7 Å². The number of hydrogen-bond acceptors (Lipinski definition) is 1. The molecule has 0 radical (unpaired) electrons. The fourth-order valence-electron chi connectivity index (χ4n) is 1.73. The summed E-state index contributed by atoms with van der Waals surface area (Å²) in [6.07, 6.45) is 0. The van der Waals surface area contributed by atoms with Crippen LogP contribution in [0.3, 0.4) is 0 Å². The minimum Gasteiger partial charge on any atom is -0.338 e. The second kappa shape index (κ2) is 3.86. The van der Waals surface area contributed by atoms with Crippen molar-refractivity contribution in [2.24, 2.45) is 0 Å². The van der Waals surface area contributed by atoms with Crippen LogP contribution in [0, 0.1) is 5.82 Å². The van der Waals surface area contributed by atoms with Crippen LogP contribution in [0.5, 0.6) is 0 Å². The van der Waals surface area contributed by atoms with Gasteiger partial charge in [-0.3, -0.25) is 0 Å². The lowest BCUT2D eigenvalue weighted by Gasteiger charge is -1.98. The van der Waals surface area contributed by atoms with Gasteiger partial charge in [0.25, 0.3) is 0 Å². The molecule has 0 saturated carbocycles. The number of imidazole rings is 1. The molecule has 1 N–H and O–H groups in total. The maximum Gasteiger partial charge on any atom is 0.141 e. The zero-order valence-electron chi connectivity index (χ0n) is 8.74. The van der Waals surface area contributed by atoms with Crippen LogP contribution in [0.4, 0.5) is 4.39 Å². The zero-order chi connectivity index (χ0) is 11.8. The molecular weight excluding hydrogens is 239 g/mol. The average Bonchev–Trinajstić information content (AvgIpc) is 2.76. The number of fused-ring (bicyclic) bond motifs is 1. The number of nitrogens with zero attached hydrogens (tertiary/aromatic N) is 1. The van der Waals surface area contributed by atoms with Gasteiger partial charge in [-0.15, -0.1) is 0 Å². The van der Waals surface area contributed by atoms with Crippen molar-refractivity contribution in [3.63, 3.8) is 0 Å². The first kappa shape index (κ1) is 10.3. The number of rotatable bonds is 1. The maximum atomic E-state index is 13.1. The van der Waals surface area contributed by atoms with Crippen molar-refractivity contribution in [3.05, 3.63) is 53.3 Å². The smallest absolute Gasteiger partial charge is 0.141 e. The molecule has 3 rings (SSSR count). The predicted molar refractivity (Wildman–Crippen MR) is 66.5 cm³/mol. The van der Waals surface area contributed by atoms with E-state index >= 15 is 0 Å². The Bertz CT molecular complexity index is 658. The molecule has 3 aromatic rings. The van der Waals surface area contributed by atoms with Gasteiger partial charge in [-0.25, -0.2) is 9.37 Å². The van der Waals surface area contributed by atoms with Crippen LogP contribution in [0.1, 0.15) is 0 Å². The quantitative estimate of drug-likeness (QED) is 0.690. The zero-order valence-corrected chi connectivity index (χ0v) is 9.50. The highest BCUT2D eigenvalue weighted by Crippen LogP contribution is 2.24. The summed E-state index contributed by atoms with van der Waals surface area (Å²) in [7, 11) is 0. The van der Waals surface area contributed by atoms with Gasteiger partial charge in [0.05, 0.1) is 16.1 Å². The number of aromatic amines is 1. The second-order valence-electron chi connectivity index (χ2n) is 3.73. The Balaban J connectivity index is 2.17. The number of benzene rings is 2. The van der Waals surface area contributed by atoms with E-state index < -0.39 is 5.82 Å². The summed E-state index contributed by atoms with van der Waals surface area (Å²) in [5.74, 6) is 0.264. The highest BCUT2D eigenvalue weighted by Gasteiger charge is 2.07. The SMILES string of the molecule is Fc1ccc(-c2nc3ccccc3[nH]2)cc1Cl. The van der Waals surface area contributed by atoms with Gasteiger partial charge >= 0.3 is 0 Å². The lowest BCUT2D eigenvalue weighted by atomic mass is 10.2. The van der Waals surface area contributed by atoms with Crippen LogP contribution in [-0.2, 0) is 0 Å². The number of H-pyrrole nitrogens is 1. The van der Waals surface area contributed by atoms with Crippen molar-refractivity contribution in [1.82, 2.24) is 9.97 Å². The van der Waals surface area contributed by atoms with Crippen LogP contribution >= 0.6 is 11.6 Å². The van der Waals surface area contributed by atoms with Gasteiger partial charge in [0.15, 0.2) is 0 Å². The molecule has 2 aromatic carbocycles. The molecule has 0 amide bonds. The van der Waals surface area contributed by atoms with Crippen LogP contribution in [0.15, 0.2) is 42.5 Å². The summed E-state index contributed by atoms with van der Waals surface area (Å²) >= 11 is 5.75. The molecular formula is C13H8ClFN2. The Labute approximate surface area is 102 Å². The first-order chi connectivity index (χ1) is 8.24. The van der Waals surface area contributed by atoms with Gasteiger partial charge in [-0.05, 0) is 30.3 Å². The molecule has 0 aliphatic carbocycles. The van der Waals surface area contributed by atoms with E-state index in [0.717, 1.165) is 16.6 Å². The summed E-state index contributed by atoms with van der Waals surface area (Å²) in [6, 6.07) is 12.3. The summed E-state index contributed by atoms with van der Waals surface area (Å²) in [6.45, 7) is 0. The molecule has 1 aromatic heterocycles. The number of halogens is 2. The lowest BCUT2D eigenvalue weighted by Crippen LogP contribution is -1.82. The summed E-state index contributed by atoms with van der Waals surface area (Å²) < 4.78 is 13.1. The molecule has 1 heterocycles. The third-order valence-electron chi connectivity index (χ3n) is 2.58. The third-order valence-corrected chi connectivity index (χ3v) is 2.87. The van der Waals surface area contributed by atoms with Crippen molar-refractivity contribution in [3.8, 4) is 11.4 Å². The summed E-state index contributed by atoms with van der Waals surface area (Å²) in [4.78, 5) is 7.58. The predicted octanol–water partition coefficient (Wildman–Crippen LogP) is 4.02. The molecule has 0 aliphatic rings. The first-order valence-electron chi connectivity index (χ1n) is 5.14. The molecule has 17 heavy (non-hydrogen) atoms. The number of nitrogens with one attached hydrogen (secondary N) is 1. The largest absolute Gasteiger partial charge is 0.338 e. The van der Waals surface area contributed by atoms with E-state index in [1.165, 1.54) is 6.07 Å². The second-order valence-corrected chi connectivity index (χ2v) is 4.14. The van der Waals surface area contributed by atoms with Gasteiger partial charge in [0, 0.05) is 5.56 Å². The maximum absolute atomic E-state index is 13.1. The monoisotopic (exact) mass is 246 g/mol. The van der Waals surface area contributed by atoms with Gasteiger partial charge in [-0.1, -0.05) is 23.7 Å². The van der Waals surface area contributed by atoms with E-state index in [4.69, 9.17) is 11.6 Å². The van der Waals surface area contributed by atoms with Crippen molar-refractivity contribution in [1.29, 1.82) is 0 Å². The summed E-state index contributed by atoms with van der Waals surface area (Å²) in [5.41, 5.74) is 2.60. The van der Waals surface area contributed by atoms with E-state index in [9.17, 15) is 4.39 Å². The molecule has 0 atom stereocenters. The van der Waals surface area contributed by atoms with Gasteiger partial charge < -0.3 is 4.98 Å². The highest BCUT2D eigenvalue weighted by atomic mass is 35.5. The Hall–Kier alpha value is -1.87. The Morgan fingerprint density at radius 1 is 1.12 bits per heavy atom. The van der Waals surface area contributed by atoms with Crippen LogP contribution < -0.4 is 0 Å². The fourth-order valence-corrected chi connectivity index (χ4v) is 1.91. The lowest BCUT2D eigenvalue weighted by molar-refractivity contribution is 0.628. The van der Waals surface area contributed by atoms with Crippen LogP contribution in [-0.4, -0.2) is 9.97 Å². The molecule has 0 saturated heterocycles. The highest BCUT2D eigenvalue weighted by molar-refractivity contribution is 6.31. The molecule has 0 aliphatic heterocycles. The Morgan fingerprint density at radius 3 is 2.71 bits per heavy atom. The van der Waals surface area contributed by atoms with Gasteiger partial charge in [0.1, 0.15) is 11.6 Å². The molecule has 2 nitrogen and oxygen atoms in total. The Kier molecular flexibility index (Phi) is 2.34. The van der Waals surface area contributed by atoms with E-state index in [1.54, 1.807) is 12.1 Å². The van der Waals surface area contributed by atoms with E-state index in [1.807, 2.05) is 24.3 Å². The third kappa shape index (κ3) is 1.78. The number of para-hydroxylation sites is 2. The van der Waals surface area contributed by atoms with Gasteiger partial charge in [0.2, 0.25) is 0 Å². The van der Waals surface area contributed by atoms with Crippen molar-refractivity contribution in [2.75, 3.05) is 0 Å². The van der Waals surface area contributed by atoms with Crippen LogP contribution in [0.25, 0.3) is 22.4 Å². The molecule has 0 bridgehead atoms. The fraction of sp³-hybridized carbons (Fsp3) is 0. The van der Waals surface area contributed by atoms with Crippen LogP contribution in [0.2, 0.25) is 5.02 Å². The van der Waals surface area contributed by atoms with Crippen molar-refractivity contribution < 1.29 is 4.39 Å². The van der Waals surface area contributed by atoms with Crippen molar-refractivity contribution >= 4 is 22.6 Å². The Morgan fingerprint density at radius 2 is 1.94 bits per heavy atom.